The molecule has 0 saturated heterocycles. The molecule has 0 radical (unpaired) electrons. The van der Waals surface area contributed by atoms with Gasteiger partial charge in [0.2, 0.25) is 0 Å². The zero-order chi connectivity index (χ0) is 13.3. The fraction of sp³-hybridized carbons (Fsp3) is 0.533. The van der Waals surface area contributed by atoms with Crippen molar-refractivity contribution in [3.05, 3.63) is 29.3 Å². The Morgan fingerprint density at radius 2 is 1.89 bits per heavy atom. The zero-order valence-electron chi connectivity index (χ0n) is 10.9. The fourth-order valence-electron chi connectivity index (χ4n) is 2.45. The molecule has 0 bridgehead atoms. The number of aromatic hydroxyl groups is 1. The SMILES string of the molecule is CC(C)c1cc(O)cc(C(CC(=O)O)C2CC2)c1. The topological polar surface area (TPSA) is 57.5 Å². The van der Waals surface area contributed by atoms with E-state index in [1.54, 1.807) is 12.1 Å². The van der Waals surface area contributed by atoms with Crippen LogP contribution in [0.15, 0.2) is 18.2 Å². The maximum atomic E-state index is 11.0. The molecule has 1 aromatic rings. The average Bonchev–Trinajstić information content (AvgIpc) is 3.08. The van der Waals surface area contributed by atoms with E-state index in [0.717, 1.165) is 24.0 Å². The van der Waals surface area contributed by atoms with E-state index in [4.69, 9.17) is 5.11 Å². The van der Waals surface area contributed by atoms with Crippen molar-refractivity contribution in [2.24, 2.45) is 5.92 Å². The molecule has 1 unspecified atom stereocenters. The Labute approximate surface area is 107 Å². The Hall–Kier alpha value is -1.51. The summed E-state index contributed by atoms with van der Waals surface area (Å²) in [6.07, 6.45) is 2.36. The van der Waals surface area contributed by atoms with Gasteiger partial charge in [0.15, 0.2) is 0 Å². The molecule has 1 aliphatic rings. The molecule has 0 amide bonds. The normalized spacial score (nSPS) is 16.8. The smallest absolute Gasteiger partial charge is 0.303 e. The third-order valence-corrected chi connectivity index (χ3v) is 3.64. The summed E-state index contributed by atoms with van der Waals surface area (Å²) in [5, 5.41) is 18.8. The van der Waals surface area contributed by atoms with E-state index < -0.39 is 5.97 Å². The Morgan fingerprint density at radius 3 is 2.39 bits per heavy atom. The molecule has 0 spiro atoms. The van der Waals surface area contributed by atoms with Crippen LogP contribution in [0.3, 0.4) is 0 Å². The average molecular weight is 248 g/mol. The number of hydrogen-bond donors (Lipinski definition) is 2. The van der Waals surface area contributed by atoms with Crippen LogP contribution in [0, 0.1) is 5.92 Å². The molecule has 1 aliphatic carbocycles. The van der Waals surface area contributed by atoms with Crippen LogP contribution in [0.25, 0.3) is 0 Å². The molecule has 98 valence electrons. The molecule has 18 heavy (non-hydrogen) atoms. The number of carboxylic acids is 1. The molecule has 2 N–H and O–H groups in total. The lowest BCUT2D eigenvalue weighted by Gasteiger charge is -2.17. The van der Waals surface area contributed by atoms with E-state index in [-0.39, 0.29) is 18.1 Å². The molecule has 3 heteroatoms. The number of phenolic OH excluding ortho intramolecular Hbond substituents is 1. The molecule has 1 aromatic carbocycles. The molecule has 0 heterocycles. The Morgan fingerprint density at radius 1 is 1.28 bits per heavy atom. The van der Waals surface area contributed by atoms with Crippen molar-refractivity contribution < 1.29 is 15.0 Å². The van der Waals surface area contributed by atoms with Crippen LogP contribution in [-0.2, 0) is 4.79 Å². The first-order chi connectivity index (χ1) is 8.47. The number of benzene rings is 1. The standard InChI is InChI=1S/C15H20O3/c1-9(2)11-5-12(7-13(16)6-11)14(8-15(17)18)10-3-4-10/h5-7,9-10,14,16H,3-4,8H2,1-2H3,(H,17,18). The summed E-state index contributed by atoms with van der Waals surface area (Å²) in [4.78, 5) is 11.0. The predicted molar refractivity (Wildman–Crippen MR) is 69.9 cm³/mol. The molecular weight excluding hydrogens is 228 g/mol. The summed E-state index contributed by atoms with van der Waals surface area (Å²) >= 11 is 0. The van der Waals surface area contributed by atoms with Crippen molar-refractivity contribution in [2.45, 2.75) is 44.9 Å². The zero-order valence-corrected chi connectivity index (χ0v) is 10.9. The van der Waals surface area contributed by atoms with Crippen LogP contribution in [0.1, 0.15) is 56.1 Å². The molecule has 1 fully saturated rings. The highest BCUT2D eigenvalue weighted by Crippen LogP contribution is 2.45. The van der Waals surface area contributed by atoms with Crippen LogP contribution in [0.2, 0.25) is 0 Å². The van der Waals surface area contributed by atoms with E-state index in [1.807, 2.05) is 0 Å². The Bertz CT molecular complexity index is 447. The van der Waals surface area contributed by atoms with Gasteiger partial charge in [0.25, 0.3) is 0 Å². The molecular formula is C15H20O3. The van der Waals surface area contributed by atoms with Gasteiger partial charge in [0.05, 0.1) is 6.42 Å². The molecule has 2 rings (SSSR count). The Balaban J connectivity index is 2.31. The first-order valence-corrected chi connectivity index (χ1v) is 6.53. The van der Waals surface area contributed by atoms with Gasteiger partial charge in [-0.05, 0) is 53.9 Å². The van der Waals surface area contributed by atoms with Gasteiger partial charge < -0.3 is 10.2 Å². The van der Waals surface area contributed by atoms with E-state index in [0.29, 0.717) is 11.8 Å². The van der Waals surface area contributed by atoms with Crippen molar-refractivity contribution in [3.8, 4) is 5.75 Å². The van der Waals surface area contributed by atoms with E-state index >= 15 is 0 Å². The summed E-state index contributed by atoms with van der Waals surface area (Å²) in [5.41, 5.74) is 2.05. The second kappa shape index (κ2) is 5.01. The maximum Gasteiger partial charge on any atom is 0.303 e. The van der Waals surface area contributed by atoms with E-state index in [2.05, 4.69) is 19.9 Å². The molecule has 0 aromatic heterocycles. The fourth-order valence-corrected chi connectivity index (χ4v) is 2.45. The number of hydrogen-bond acceptors (Lipinski definition) is 2. The second-order valence-corrected chi connectivity index (χ2v) is 5.55. The van der Waals surface area contributed by atoms with E-state index in [9.17, 15) is 9.90 Å². The summed E-state index contributed by atoms with van der Waals surface area (Å²) in [7, 11) is 0. The first kappa shape index (κ1) is 12.9. The predicted octanol–water partition coefficient (Wildman–Crippen LogP) is 3.48. The first-order valence-electron chi connectivity index (χ1n) is 6.53. The van der Waals surface area contributed by atoms with Crippen LogP contribution in [0.5, 0.6) is 5.75 Å². The molecule has 3 nitrogen and oxygen atoms in total. The third kappa shape index (κ3) is 3.03. The van der Waals surface area contributed by atoms with Crippen molar-refractivity contribution in [2.75, 3.05) is 0 Å². The van der Waals surface area contributed by atoms with Gasteiger partial charge in [-0.15, -0.1) is 0 Å². The minimum Gasteiger partial charge on any atom is -0.508 e. The molecule has 1 saturated carbocycles. The van der Waals surface area contributed by atoms with Crippen molar-refractivity contribution in [1.29, 1.82) is 0 Å². The number of rotatable bonds is 5. The summed E-state index contributed by atoms with van der Waals surface area (Å²) in [5.74, 6) is 0.337. The quantitative estimate of drug-likeness (QED) is 0.838. The van der Waals surface area contributed by atoms with Crippen LogP contribution < -0.4 is 0 Å². The maximum absolute atomic E-state index is 11.0. The minimum absolute atomic E-state index is 0.0482. The summed E-state index contributed by atoms with van der Waals surface area (Å²) in [6, 6.07) is 5.53. The van der Waals surface area contributed by atoms with Gasteiger partial charge in [0, 0.05) is 0 Å². The number of phenols is 1. The number of carbonyl (C=O) groups is 1. The summed E-state index contributed by atoms with van der Waals surface area (Å²) in [6.45, 7) is 4.14. The largest absolute Gasteiger partial charge is 0.508 e. The van der Waals surface area contributed by atoms with Gasteiger partial charge in [0.1, 0.15) is 5.75 Å². The van der Waals surface area contributed by atoms with Gasteiger partial charge in [-0.2, -0.15) is 0 Å². The summed E-state index contributed by atoms with van der Waals surface area (Å²) < 4.78 is 0. The lowest BCUT2D eigenvalue weighted by atomic mass is 9.88. The van der Waals surface area contributed by atoms with Crippen LogP contribution in [0.4, 0.5) is 0 Å². The Kier molecular flexibility index (Phi) is 3.60. The van der Waals surface area contributed by atoms with E-state index in [1.165, 1.54) is 0 Å². The number of carboxylic acid groups (broad SMARTS) is 1. The van der Waals surface area contributed by atoms with Gasteiger partial charge in [-0.25, -0.2) is 0 Å². The van der Waals surface area contributed by atoms with Crippen molar-refractivity contribution in [3.63, 3.8) is 0 Å². The lowest BCUT2D eigenvalue weighted by molar-refractivity contribution is -0.137. The van der Waals surface area contributed by atoms with Crippen molar-refractivity contribution in [1.82, 2.24) is 0 Å². The molecule has 0 aliphatic heterocycles. The monoisotopic (exact) mass is 248 g/mol. The highest BCUT2D eigenvalue weighted by Gasteiger charge is 2.34. The van der Waals surface area contributed by atoms with Gasteiger partial charge in [-0.1, -0.05) is 19.9 Å². The van der Waals surface area contributed by atoms with Gasteiger partial charge >= 0.3 is 5.97 Å². The highest BCUT2D eigenvalue weighted by atomic mass is 16.4. The highest BCUT2D eigenvalue weighted by molar-refractivity contribution is 5.68. The lowest BCUT2D eigenvalue weighted by Crippen LogP contribution is -2.09. The second-order valence-electron chi connectivity index (χ2n) is 5.55. The van der Waals surface area contributed by atoms with Crippen LogP contribution in [-0.4, -0.2) is 16.2 Å². The number of aliphatic carboxylic acids is 1. The minimum atomic E-state index is -0.763. The van der Waals surface area contributed by atoms with Gasteiger partial charge in [-0.3, -0.25) is 4.79 Å². The van der Waals surface area contributed by atoms with Crippen LogP contribution >= 0.6 is 0 Å². The molecule has 1 atom stereocenters. The third-order valence-electron chi connectivity index (χ3n) is 3.64. The van der Waals surface area contributed by atoms with Crippen molar-refractivity contribution >= 4 is 5.97 Å².